The SMILES string of the molecule is CCCCC(O)CC(C)(C)CC(C)C. The van der Waals surface area contributed by atoms with Crippen molar-refractivity contribution in [2.75, 3.05) is 0 Å². The molecule has 0 spiro atoms. The molecule has 14 heavy (non-hydrogen) atoms. The molecule has 1 nitrogen and oxygen atoms in total. The van der Waals surface area contributed by atoms with E-state index in [1.165, 1.54) is 12.8 Å². The maximum Gasteiger partial charge on any atom is 0.0545 e. The molecule has 0 saturated carbocycles. The largest absolute Gasteiger partial charge is 0.393 e. The van der Waals surface area contributed by atoms with Gasteiger partial charge in [0.15, 0.2) is 0 Å². The number of aliphatic hydroxyl groups excluding tert-OH is 1. The van der Waals surface area contributed by atoms with Gasteiger partial charge in [-0.3, -0.25) is 0 Å². The molecule has 0 aliphatic rings. The predicted molar refractivity (Wildman–Crippen MR) is 63.4 cm³/mol. The van der Waals surface area contributed by atoms with Gasteiger partial charge in [0.05, 0.1) is 6.10 Å². The topological polar surface area (TPSA) is 20.2 Å². The molecular formula is C13H28O. The monoisotopic (exact) mass is 200 g/mol. The maximum atomic E-state index is 9.83. The summed E-state index contributed by atoms with van der Waals surface area (Å²) in [6.07, 6.45) is 5.36. The highest BCUT2D eigenvalue weighted by atomic mass is 16.3. The molecule has 0 heterocycles. The molecule has 0 radical (unpaired) electrons. The van der Waals surface area contributed by atoms with Gasteiger partial charge in [-0.2, -0.15) is 0 Å². The first-order valence-corrected chi connectivity index (χ1v) is 6.05. The van der Waals surface area contributed by atoms with E-state index < -0.39 is 0 Å². The zero-order chi connectivity index (χ0) is 11.2. The second-order valence-electron chi connectivity index (χ2n) is 5.76. The van der Waals surface area contributed by atoms with Gasteiger partial charge in [-0.1, -0.05) is 47.5 Å². The van der Waals surface area contributed by atoms with Crippen LogP contribution in [0.2, 0.25) is 0 Å². The van der Waals surface area contributed by atoms with Gasteiger partial charge in [0, 0.05) is 0 Å². The second kappa shape index (κ2) is 6.44. The van der Waals surface area contributed by atoms with Crippen molar-refractivity contribution in [3.63, 3.8) is 0 Å². The summed E-state index contributed by atoms with van der Waals surface area (Å²) in [6, 6.07) is 0. The van der Waals surface area contributed by atoms with Crippen LogP contribution in [0.1, 0.15) is 66.7 Å². The lowest BCUT2D eigenvalue weighted by atomic mass is 9.79. The molecular weight excluding hydrogens is 172 g/mol. The minimum Gasteiger partial charge on any atom is -0.393 e. The molecule has 0 aliphatic carbocycles. The van der Waals surface area contributed by atoms with Crippen molar-refractivity contribution in [3.05, 3.63) is 0 Å². The number of hydrogen-bond acceptors (Lipinski definition) is 1. The van der Waals surface area contributed by atoms with Gasteiger partial charge in [-0.15, -0.1) is 0 Å². The molecule has 0 aromatic carbocycles. The van der Waals surface area contributed by atoms with Crippen molar-refractivity contribution in [2.45, 2.75) is 72.8 Å². The first kappa shape index (κ1) is 14.0. The van der Waals surface area contributed by atoms with Crippen LogP contribution < -0.4 is 0 Å². The fourth-order valence-corrected chi connectivity index (χ4v) is 2.37. The Labute approximate surface area is 89.9 Å². The van der Waals surface area contributed by atoms with E-state index in [1.807, 2.05) is 0 Å². The van der Waals surface area contributed by atoms with Crippen LogP contribution in [-0.4, -0.2) is 11.2 Å². The zero-order valence-electron chi connectivity index (χ0n) is 10.6. The number of hydrogen-bond donors (Lipinski definition) is 1. The third kappa shape index (κ3) is 7.37. The first-order chi connectivity index (χ1) is 6.37. The Kier molecular flexibility index (Phi) is 6.43. The van der Waals surface area contributed by atoms with Gasteiger partial charge in [0.25, 0.3) is 0 Å². The Bertz CT molecular complexity index is 138. The molecule has 0 saturated heterocycles. The van der Waals surface area contributed by atoms with Crippen LogP contribution in [0.3, 0.4) is 0 Å². The van der Waals surface area contributed by atoms with E-state index in [0.29, 0.717) is 5.41 Å². The molecule has 86 valence electrons. The van der Waals surface area contributed by atoms with Gasteiger partial charge in [0.2, 0.25) is 0 Å². The minimum atomic E-state index is -0.0938. The number of unbranched alkanes of at least 4 members (excludes halogenated alkanes) is 1. The smallest absolute Gasteiger partial charge is 0.0545 e. The van der Waals surface area contributed by atoms with Crippen molar-refractivity contribution in [1.82, 2.24) is 0 Å². The fourth-order valence-electron chi connectivity index (χ4n) is 2.37. The van der Waals surface area contributed by atoms with Crippen molar-refractivity contribution >= 4 is 0 Å². The molecule has 0 aromatic heterocycles. The summed E-state index contributed by atoms with van der Waals surface area (Å²) in [4.78, 5) is 0. The lowest BCUT2D eigenvalue weighted by Gasteiger charge is -2.29. The number of aliphatic hydroxyl groups is 1. The van der Waals surface area contributed by atoms with E-state index in [4.69, 9.17) is 0 Å². The van der Waals surface area contributed by atoms with E-state index in [1.54, 1.807) is 0 Å². The van der Waals surface area contributed by atoms with E-state index in [9.17, 15) is 5.11 Å². The second-order valence-corrected chi connectivity index (χ2v) is 5.76. The van der Waals surface area contributed by atoms with Gasteiger partial charge < -0.3 is 5.11 Å². The molecule has 0 bridgehead atoms. The van der Waals surface area contributed by atoms with Gasteiger partial charge in [-0.25, -0.2) is 0 Å². The van der Waals surface area contributed by atoms with Crippen molar-refractivity contribution in [3.8, 4) is 0 Å². The summed E-state index contributed by atoms with van der Waals surface area (Å²) in [6.45, 7) is 11.2. The quantitative estimate of drug-likeness (QED) is 0.658. The summed E-state index contributed by atoms with van der Waals surface area (Å²) in [5, 5.41) is 9.83. The highest BCUT2D eigenvalue weighted by molar-refractivity contribution is 4.74. The fraction of sp³-hybridized carbons (Fsp3) is 1.00. The van der Waals surface area contributed by atoms with Crippen molar-refractivity contribution in [1.29, 1.82) is 0 Å². The maximum absolute atomic E-state index is 9.83. The highest BCUT2D eigenvalue weighted by Crippen LogP contribution is 2.31. The predicted octanol–water partition coefficient (Wildman–Crippen LogP) is 4.00. The Morgan fingerprint density at radius 1 is 1.14 bits per heavy atom. The minimum absolute atomic E-state index is 0.0938. The van der Waals surface area contributed by atoms with E-state index >= 15 is 0 Å². The zero-order valence-corrected chi connectivity index (χ0v) is 10.6. The van der Waals surface area contributed by atoms with Crippen LogP contribution in [0.5, 0.6) is 0 Å². The van der Waals surface area contributed by atoms with Crippen LogP contribution in [-0.2, 0) is 0 Å². The summed E-state index contributed by atoms with van der Waals surface area (Å²) in [5.41, 5.74) is 0.293. The molecule has 0 aromatic rings. The Hall–Kier alpha value is -0.0400. The third-order valence-corrected chi connectivity index (χ3v) is 2.64. The standard InChI is InChI=1S/C13H28O/c1-6-7-8-12(14)10-13(4,5)9-11(2)3/h11-12,14H,6-10H2,1-5H3. The summed E-state index contributed by atoms with van der Waals surface area (Å²) in [7, 11) is 0. The van der Waals surface area contributed by atoms with Crippen LogP contribution in [0.15, 0.2) is 0 Å². The van der Waals surface area contributed by atoms with Gasteiger partial charge >= 0.3 is 0 Å². The molecule has 0 amide bonds. The van der Waals surface area contributed by atoms with E-state index in [2.05, 4.69) is 34.6 Å². The summed E-state index contributed by atoms with van der Waals surface area (Å²) >= 11 is 0. The highest BCUT2D eigenvalue weighted by Gasteiger charge is 2.22. The van der Waals surface area contributed by atoms with Crippen LogP contribution in [0.25, 0.3) is 0 Å². The van der Waals surface area contributed by atoms with Crippen LogP contribution in [0, 0.1) is 11.3 Å². The molecule has 0 aliphatic heterocycles. The molecule has 0 rings (SSSR count). The van der Waals surface area contributed by atoms with E-state index in [0.717, 1.165) is 25.2 Å². The molecule has 1 heteroatoms. The van der Waals surface area contributed by atoms with Crippen LogP contribution in [0.4, 0.5) is 0 Å². The molecule has 1 unspecified atom stereocenters. The molecule has 1 N–H and O–H groups in total. The Balaban J connectivity index is 3.82. The van der Waals surface area contributed by atoms with Crippen LogP contribution >= 0.6 is 0 Å². The molecule has 0 fully saturated rings. The Morgan fingerprint density at radius 2 is 1.71 bits per heavy atom. The van der Waals surface area contributed by atoms with E-state index in [-0.39, 0.29) is 6.10 Å². The third-order valence-electron chi connectivity index (χ3n) is 2.64. The van der Waals surface area contributed by atoms with Crippen molar-refractivity contribution in [2.24, 2.45) is 11.3 Å². The normalized spacial score (nSPS) is 14.8. The lowest BCUT2D eigenvalue weighted by molar-refractivity contribution is 0.0935. The first-order valence-electron chi connectivity index (χ1n) is 6.05. The lowest BCUT2D eigenvalue weighted by Crippen LogP contribution is -2.22. The average Bonchev–Trinajstić information content (AvgIpc) is 1.96. The molecule has 1 atom stereocenters. The van der Waals surface area contributed by atoms with Gasteiger partial charge in [0.1, 0.15) is 0 Å². The Morgan fingerprint density at radius 3 is 2.14 bits per heavy atom. The van der Waals surface area contributed by atoms with Gasteiger partial charge in [-0.05, 0) is 30.6 Å². The summed E-state index contributed by atoms with van der Waals surface area (Å²) < 4.78 is 0. The van der Waals surface area contributed by atoms with Crippen molar-refractivity contribution < 1.29 is 5.11 Å². The number of rotatable bonds is 7. The summed E-state index contributed by atoms with van der Waals surface area (Å²) in [5.74, 6) is 0.725. The average molecular weight is 200 g/mol.